The minimum absolute atomic E-state index is 0.383. The first kappa shape index (κ1) is 14.4. The van der Waals surface area contributed by atoms with Crippen molar-refractivity contribution in [3.8, 4) is 5.75 Å². The molecule has 102 valence electrons. The number of pyridine rings is 1. The second kappa shape index (κ2) is 6.44. The van der Waals surface area contributed by atoms with E-state index in [1.807, 2.05) is 25.1 Å². The zero-order chi connectivity index (χ0) is 13.8. The summed E-state index contributed by atoms with van der Waals surface area (Å²) in [6, 6.07) is 5.63. The van der Waals surface area contributed by atoms with Crippen molar-refractivity contribution in [1.29, 1.82) is 0 Å². The van der Waals surface area contributed by atoms with Crippen LogP contribution in [0.5, 0.6) is 5.75 Å². The number of alkyl halides is 1. The molecule has 19 heavy (non-hydrogen) atoms. The van der Waals surface area contributed by atoms with Crippen molar-refractivity contribution in [3.05, 3.63) is 34.5 Å². The van der Waals surface area contributed by atoms with E-state index in [4.69, 9.17) is 27.9 Å². The lowest BCUT2D eigenvalue weighted by molar-refractivity contribution is 0.310. The molecule has 0 unspecified atom stereocenters. The van der Waals surface area contributed by atoms with E-state index in [1.165, 1.54) is 0 Å². The van der Waals surface area contributed by atoms with E-state index in [0.29, 0.717) is 17.5 Å². The fourth-order valence-electron chi connectivity index (χ4n) is 1.98. The Labute approximate surface area is 123 Å². The maximum atomic E-state index is 6.07. The van der Waals surface area contributed by atoms with Crippen LogP contribution in [0.25, 0.3) is 10.9 Å². The number of aromatic nitrogens is 1. The Morgan fingerprint density at radius 1 is 1.32 bits per heavy atom. The number of hydrogen-bond acceptors (Lipinski definition) is 2. The summed E-state index contributed by atoms with van der Waals surface area (Å²) in [4.78, 5) is 4.55. The normalized spacial score (nSPS) is 10.9. The molecule has 0 atom stereocenters. The Morgan fingerprint density at radius 2 is 2.11 bits per heavy atom. The van der Waals surface area contributed by atoms with Crippen molar-refractivity contribution >= 4 is 34.1 Å². The Morgan fingerprint density at radius 3 is 2.79 bits per heavy atom. The van der Waals surface area contributed by atoms with Crippen LogP contribution in [-0.4, -0.2) is 11.6 Å². The van der Waals surface area contributed by atoms with Crippen molar-refractivity contribution in [3.63, 3.8) is 0 Å². The second-order valence-corrected chi connectivity index (χ2v) is 5.21. The smallest absolute Gasteiger partial charge is 0.133 e. The summed E-state index contributed by atoms with van der Waals surface area (Å²) in [5, 5.41) is 1.64. The van der Waals surface area contributed by atoms with Crippen LogP contribution in [0.2, 0.25) is 5.02 Å². The molecule has 1 aromatic heterocycles. The quantitative estimate of drug-likeness (QED) is 0.565. The number of unbranched alkanes of at least 4 members (excludes halogenated alkanes) is 1. The molecule has 0 fully saturated rings. The van der Waals surface area contributed by atoms with Gasteiger partial charge in [-0.3, -0.25) is 4.98 Å². The van der Waals surface area contributed by atoms with Crippen LogP contribution >= 0.6 is 23.2 Å². The summed E-state index contributed by atoms with van der Waals surface area (Å²) in [6.45, 7) is 4.83. The molecular formula is C15H17Cl2NO. The van der Waals surface area contributed by atoms with Gasteiger partial charge in [-0.05, 0) is 31.5 Å². The van der Waals surface area contributed by atoms with E-state index < -0.39 is 0 Å². The Kier molecular flexibility index (Phi) is 4.89. The fourth-order valence-corrected chi connectivity index (χ4v) is 2.42. The van der Waals surface area contributed by atoms with Crippen LogP contribution in [-0.2, 0) is 5.88 Å². The van der Waals surface area contributed by atoms with E-state index >= 15 is 0 Å². The number of fused-ring (bicyclic) bond motifs is 1. The maximum absolute atomic E-state index is 6.07. The van der Waals surface area contributed by atoms with Crippen LogP contribution in [0.1, 0.15) is 31.0 Å². The van der Waals surface area contributed by atoms with E-state index in [-0.39, 0.29) is 0 Å². The summed E-state index contributed by atoms with van der Waals surface area (Å²) >= 11 is 12.0. The third-order valence-electron chi connectivity index (χ3n) is 3.10. The minimum atomic E-state index is 0.383. The van der Waals surface area contributed by atoms with Crippen LogP contribution < -0.4 is 4.74 Å². The van der Waals surface area contributed by atoms with E-state index in [2.05, 4.69) is 11.9 Å². The summed E-state index contributed by atoms with van der Waals surface area (Å²) < 4.78 is 5.93. The molecule has 0 aliphatic carbocycles. The molecule has 0 amide bonds. The molecular weight excluding hydrogens is 281 g/mol. The van der Waals surface area contributed by atoms with Gasteiger partial charge < -0.3 is 4.74 Å². The Bertz CT molecular complexity index is 584. The standard InChI is InChI=1S/C15H17Cl2NO/c1-3-4-7-19-15-10(2)14(9-16)18-13-6-5-11(17)8-12(13)15/h5-6,8H,3-4,7,9H2,1-2H3. The lowest BCUT2D eigenvalue weighted by Gasteiger charge is -2.14. The van der Waals surface area contributed by atoms with E-state index in [0.717, 1.165) is 40.8 Å². The molecule has 1 aromatic carbocycles. The predicted octanol–water partition coefficient (Wildman–Crippen LogP) is 5.11. The number of nitrogens with zero attached hydrogens (tertiary/aromatic N) is 1. The summed E-state index contributed by atoms with van der Waals surface area (Å²) in [6.07, 6.45) is 2.13. The van der Waals surface area contributed by atoms with Gasteiger partial charge in [0.05, 0.1) is 23.7 Å². The van der Waals surface area contributed by atoms with Crippen molar-refractivity contribution in [2.45, 2.75) is 32.6 Å². The average molecular weight is 298 g/mol. The topological polar surface area (TPSA) is 22.1 Å². The highest BCUT2D eigenvalue weighted by Gasteiger charge is 2.12. The summed E-state index contributed by atoms with van der Waals surface area (Å²) in [5.41, 5.74) is 2.74. The van der Waals surface area contributed by atoms with Gasteiger partial charge in [0.15, 0.2) is 0 Å². The van der Waals surface area contributed by atoms with Gasteiger partial charge in [0, 0.05) is 16.0 Å². The van der Waals surface area contributed by atoms with Crippen molar-refractivity contribution < 1.29 is 4.74 Å². The highest BCUT2D eigenvalue weighted by atomic mass is 35.5. The second-order valence-electron chi connectivity index (χ2n) is 4.51. The van der Waals surface area contributed by atoms with E-state index in [1.54, 1.807) is 0 Å². The molecule has 0 spiro atoms. The molecule has 0 bridgehead atoms. The Hall–Kier alpha value is -0.990. The molecule has 2 nitrogen and oxygen atoms in total. The molecule has 4 heteroatoms. The maximum Gasteiger partial charge on any atom is 0.133 e. The van der Waals surface area contributed by atoms with Gasteiger partial charge in [-0.1, -0.05) is 24.9 Å². The van der Waals surface area contributed by atoms with Crippen molar-refractivity contribution in [2.75, 3.05) is 6.61 Å². The third kappa shape index (κ3) is 3.13. The van der Waals surface area contributed by atoms with Gasteiger partial charge in [-0.25, -0.2) is 0 Å². The van der Waals surface area contributed by atoms with Gasteiger partial charge in [0.25, 0.3) is 0 Å². The highest BCUT2D eigenvalue weighted by Crippen LogP contribution is 2.33. The molecule has 2 aromatic rings. The lowest BCUT2D eigenvalue weighted by atomic mass is 10.1. The number of benzene rings is 1. The number of ether oxygens (including phenoxy) is 1. The third-order valence-corrected chi connectivity index (χ3v) is 3.59. The van der Waals surface area contributed by atoms with Crippen molar-refractivity contribution in [1.82, 2.24) is 4.98 Å². The first-order chi connectivity index (χ1) is 9.17. The molecule has 0 N–H and O–H groups in total. The molecule has 2 rings (SSSR count). The number of halogens is 2. The minimum Gasteiger partial charge on any atom is -0.493 e. The zero-order valence-electron chi connectivity index (χ0n) is 11.2. The molecule has 1 heterocycles. The summed E-state index contributed by atoms with van der Waals surface area (Å²) in [5.74, 6) is 1.24. The summed E-state index contributed by atoms with van der Waals surface area (Å²) in [7, 11) is 0. The molecule has 0 aliphatic heterocycles. The monoisotopic (exact) mass is 297 g/mol. The number of hydrogen-bond donors (Lipinski definition) is 0. The van der Waals surface area contributed by atoms with Crippen molar-refractivity contribution in [2.24, 2.45) is 0 Å². The van der Waals surface area contributed by atoms with Gasteiger partial charge >= 0.3 is 0 Å². The van der Waals surface area contributed by atoms with E-state index in [9.17, 15) is 0 Å². The zero-order valence-corrected chi connectivity index (χ0v) is 12.7. The highest BCUT2D eigenvalue weighted by molar-refractivity contribution is 6.31. The van der Waals surface area contributed by atoms with Gasteiger partial charge in [-0.2, -0.15) is 0 Å². The predicted molar refractivity (Wildman–Crippen MR) is 81.5 cm³/mol. The fraction of sp³-hybridized carbons (Fsp3) is 0.400. The largest absolute Gasteiger partial charge is 0.493 e. The lowest BCUT2D eigenvalue weighted by Crippen LogP contribution is -2.02. The van der Waals surface area contributed by atoms with Gasteiger partial charge in [0.1, 0.15) is 5.75 Å². The first-order valence-corrected chi connectivity index (χ1v) is 7.36. The average Bonchev–Trinajstić information content (AvgIpc) is 2.41. The molecule has 0 aliphatic rings. The van der Waals surface area contributed by atoms with Gasteiger partial charge in [0.2, 0.25) is 0 Å². The van der Waals surface area contributed by atoms with Crippen LogP contribution in [0, 0.1) is 6.92 Å². The van der Waals surface area contributed by atoms with Crippen LogP contribution in [0.4, 0.5) is 0 Å². The van der Waals surface area contributed by atoms with Gasteiger partial charge in [-0.15, -0.1) is 11.6 Å². The Balaban J connectivity index is 2.54. The van der Waals surface area contributed by atoms with Crippen LogP contribution in [0.15, 0.2) is 18.2 Å². The SMILES string of the molecule is CCCCOc1c(C)c(CCl)nc2ccc(Cl)cc12. The number of rotatable bonds is 5. The first-order valence-electron chi connectivity index (χ1n) is 6.44. The van der Waals surface area contributed by atoms with Crippen LogP contribution in [0.3, 0.4) is 0 Å². The molecule has 0 radical (unpaired) electrons. The molecule has 0 saturated heterocycles. The molecule has 0 saturated carbocycles.